The quantitative estimate of drug-likeness (QED) is 0.369. The molecule has 2 nitrogen and oxygen atoms in total. The van der Waals surface area contributed by atoms with Gasteiger partial charge in [0.15, 0.2) is 0 Å². The highest BCUT2D eigenvalue weighted by molar-refractivity contribution is 6.06. The average molecular weight is 349 g/mol. The molecule has 130 valence electrons. The van der Waals surface area contributed by atoms with E-state index >= 15 is 0 Å². The Hall–Kier alpha value is -3.39. The number of rotatable bonds is 3. The van der Waals surface area contributed by atoms with Gasteiger partial charge >= 0.3 is 0 Å². The summed E-state index contributed by atoms with van der Waals surface area (Å²) in [6.07, 6.45) is 2.77. The lowest BCUT2D eigenvalue weighted by Crippen LogP contribution is -1.86. The van der Waals surface area contributed by atoms with Gasteiger partial charge in [0.25, 0.3) is 0 Å². The van der Waals surface area contributed by atoms with E-state index in [0.29, 0.717) is 0 Å². The molecule has 2 heterocycles. The highest BCUT2D eigenvalue weighted by atomic mass is 16.3. The third-order valence-corrected chi connectivity index (χ3v) is 5.00. The fraction of sp³-hybridized carbons (Fsp3) is 0.0800. The molecule has 2 aromatic heterocycles. The van der Waals surface area contributed by atoms with Crippen molar-refractivity contribution in [2.24, 2.45) is 0 Å². The van der Waals surface area contributed by atoms with Crippen LogP contribution in [0.2, 0.25) is 0 Å². The molecule has 0 amide bonds. The Kier molecular flexibility index (Phi) is 3.75. The molecule has 0 aliphatic heterocycles. The molecule has 0 aliphatic rings. The first-order valence-electron chi connectivity index (χ1n) is 9.18. The van der Waals surface area contributed by atoms with Crippen LogP contribution in [0.5, 0.6) is 0 Å². The van der Waals surface area contributed by atoms with Crippen LogP contribution in [0.4, 0.5) is 0 Å². The van der Waals surface area contributed by atoms with E-state index in [9.17, 15) is 0 Å². The molecule has 0 fully saturated rings. The molecular weight excluding hydrogens is 330 g/mol. The topological polar surface area (TPSA) is 26.0 Å². The second-order valence-corrected chi connectivity index (χ2v) is 7.02. The van der Waals surface area contributed by atoms with Gasteiger partial charge in [-0.1, -0.05) is 42.5 Å². The lowest BCUT2D eigenvalue weighted by molar-refractivity contribution is 0.668. The summed E-state index contributed by atoms with van der Waals surface area (Å²) in [5, 5.41) is 2.29. The SMILES string of the molecule is Cc1ccnc(-c2ccc3oc4cc(Cc5ccccc5)ccc4c3c2)c1. The normalized spacial score (nSPS) is 11.3. The lowest BCUT2D eigenvalue weighted by Gasteiger charge is -2.02. The number of nitrogens with zero attached hydrogens (tertiary/aromatic N) is 1. The Bertz CT molecular complexity index is 1250. The largest absolute Gasteiger partial charge is 0.456 e. The van der Waals surface area contributed by atoms with Crippen molar-refractivity contribution in [2.45, 2.75) is 13.3 Å². The smallest absolute Gasteiger partial charge is 0.135 e. The van der Waals surface area contributed by atoms with Crippen molar-refractivity contribution in [2.75, 3.05) is 0 Å². The molecule has 5 aromatic rings. The van der Waals surface area contributed by atoms with Crippen LogP contribution in [-0.4, -0.2) is 4.98 Å². The van der Waals surface area contributed by atoms with Crippen molar-refractivity contribution >= 4 is 21.9 Å². The van der Waals surface area contributed by atoms with E-state index in [2.05, 4.69) is 72.6 Å². The highest BCUT2D eigenvalue weighted by Crippen LogP contribution is 2.33. The van der Waals surface area contributed by atoms with Crippen molar-refractivity contribution in [3.63, 3.8) is 0 Å². The van der Waals surface area contributed by atoms with Crippen LogP contribution >= 0.6 is 0 Å². The zero-order valence-corrected chi connectivity index (χ0v) is 15.1. The minimum Gasteiger partial charge on any atom is -0.456 e. The van der Waals surface area contributed by atoms with E-state index < -0.39 is 0 Å². The van der Waals surface area contributed by atoms with Crippen LogP contribution in [-0.2, 0) is 6.42 Å². The summed E-state index contributed by atoms with van der Waals surface area (Å²) in [7, 11) is 0. The Balaban J connectivity index is 1.58. The number of aromatic nitrogens is 1. The molecule has 0 radical (unpaired) electrons. The average Bonchev–Trinajstić information content (AvgIpc) is 3.05. The van der Waals surface area contributed by atoms with E-state index in [1.165, 1.54) is 16.7 Å². The van der Waals surface area contributed by atoms with E-state index in [1.807, 2.05) is 24.4 Å². The summed E-state index contributed by atoms with van der Waals surface area (Å²) in [5.74, 6) is 0. The number of fused-ring (bicyclic) bond motifs is 3. The number of pyridine rings is 1. The molecule has 27 heavy (non-hydrogen) atoms. The Morgan fingerprint density at radius 1 is 0.741 bits per heavy atom. The zero-order chi connectivity index (χ0) is 18.2. The number of aryl methyl sites for hydroxylation is 1. The fourth-order valence-electron chi connectivity index (χ4n) is 3.62. The van der Waals surface area contributed by atoms with E-state index in [0.717, 1.165) is 39.6 Å². The molecule has 0 aliphatic carbocycles. The summed E-state index contributed by atoms with van der Waals surface area (Å²) in [6.45, 7) is 2.09. The zero-order valence-electron chi connectivity index (χ0n) is 15.1. The third-order valence-electron chi connectivity index (χ3n) is 5.00. The molecule has 0 unspecified atom stereocenters. The summed E-state index contributed by atoms with van der Waals surface area (Å²) in [4.78, 5) is 4.51. The summed E-state index contributed by atoms with van der Waals surface area (Å²) < 4.78 is 6.12. The van der Waals surface area contributed by atoms with Crippen molar-refractivity contribution in [1.82, 2.24) is 4.98 Å². The van der Waals surface area contributed by atoms with Gasteiger partial charge in [0.2, 0.25) is 0 Å². The highest BCUT2D eigenvalue weighted by Gasteiger charge is 2.10. The van der Waals surface area contributed by atoms with Crippen LogP contribution in [0, 0.1) is 6.92 Å². The summed E-state index contributed by atoms with van der Waals surface area (Å²) in [5.41, 5.74) is 7.73. The Morgan fingerprint density at radius 3 is 2.48 bits per heavy atom. The van der Waals surface area contributed by atoms with Crippen LogP contribution in [0.1, 0.15) is 16.7 Å². The maximum absolute atomic E-state index is 6.12. The van der Waals surface area contributed by atoms with Gasteiger partial charge in [-0.05, 0) is 66.4 Å². The molecule has 3 aromatic carbocycles. The molecule has 0 atom stereocenters. The van der Waals surface area contributed by atoms with Gasteiger partial charge in [0.05, 0.1) is 5.69 Å². The molecule has 5 rings (SSSR count). The standard InChI is InChI=1S/C25H19NO/c1-17-11-12-26-23(13-17)20-8-10-24-22(16-20)21-9-7-19(15-25(21)27-24)14-18-5-3-2-4-6-18/h2-13,15-16H,14H2,1H3. The molecule has 0 saturated carbocycles. The first-order chi connectivity index (χ1) is 13.3. The maximum Gasteiger partial charge on any atom is 0.135 e. The van der Waals surface area contributed by atoms with Crippen LogP contribution in [0.25, 0.3) is 33.2 Å². The van der Waals surface area contributed by atoms with Crippen molar-refractivity contribution in [3.8, 4) is 11.3 Å². The maximum atomic E-state index is 6.12. The number of furan rings is 1. The molecule has 0 N–H and O–H groups in total. The first kappa shape index (κ1) is 15.8. The molecular formula is C25H19NO. The molecule has 0 saturated heterocycles. The molecule has 0 spiro atoms. The number of hydrogen-bond acceptors (Lipinski definition) is 2. The van der Waals surface area contributed by atoms with Gasteiger partial charge in [0.1, 0.15) is 11.2 Å². The van der Waals surface area contributed by atoms with Gasteiger partial charge in [-0.2, -0.15) is 0 Å². The van der Waals surface area contributed by atoms with Crippen LogP contribution < -0.4 is 0 Å². The molecule has 2 heteroatoms. The fourth-order valence-corrected chi connectivity index (χ4v) is 3.62. The van der Waals surface area contributed by atoms with Crippen molar-refractivity contribution in [3.05, 3.63) is 102 Å². The van der Waals surface area contributed by atoms with Gasteiger partial charge in [-0.3, -0.25) is 4.98 Å². The van der Waals surface area contributed by atoms with Gasteiger partial charge in [0, 0.05) is 22.5 Å². The van der Waals surface area contributed by atoms with Crippen LogP contribution in [0.15, 0.2) is 89.5 Å². The van der Waals surface area contributed by atoms with Gasteiger partial charge < -0.3 is 4.42 Å². The molecule has 0 bridgehead atoms. The lowest BCUT2D eigenvalue weighted by atomic mass is 10.0. The van der Waals surface area contributed by atoms with Crippen molar-refractivity contribution in [1.29, 1.82) is 0 Å². The van der Waals surface area contributed by atoms with Crippen molar-refractivity contribution < 1.29 is 4.42 Å². The second kappa shape index (κ2) is 6.40. The van der Waals surface area contributed by atoms with Crippen LogP contribution in [0.3, 0.4) is 0 Å². The first-order valence-corrected chi connectivity index (χ1v) is 9.18. The van der Waals surface area contributed by atoms with Gasteiger partial charge in [-0.25, -0.2) is 0 Å². The number of hydrogen-bond donors (Lipinski definition) is 0. The predicted octanol–water partition coefficient (Wildman–Crippen LogP) is 6.55. The monoisotopic (exact) mass is 349 g/mol. The minimum atomic E-state index is 0.909. The Morgan fingerprint density at radius 2 is 1.63 bits per heavy atom. The van der Waals surface area contributed by atoms with E-state index in [4.69, 9.17) is 4.42 Å². The third kappa shape index (κ3) is 3.00. The second-order valence-electron chi connectivity index (χ2n) is 7.02. The van der Waals surface area contributed by atoms with E-state index in [-0.39, 0.29) is 0 Å². The summed E-state index contributed by atoms with van der Waals surface area (Å²) >= 11 is 0. The summed E-state index contributed by atoms with van der Waals surface area (Å²) in [6, 6.07) is 27.5. The Labute approximate surface area is 158 Å². The number of benzene rings is 3. The predicted molar refractivity (Wildman–Crippen MR) is 111 cm³/mol. The minimum absolute atomic E-state index is 0.909. The van der Waals surface area contributed by atoms with E-state index in [1.54, 1.807) is 0 Å². The van der Waals surface area contributed by atoms with Gasteiger partial charge in [-0.15, -0.1) is 0 Å².